The van der Waals surface area contributed by atoms with Gasteiger partial charge in [-0.3, -0.25) is 9.59 Å². The molecule has 0 aromatic carbocycles. The van der Waals surface area contributed by atoms with Crippen LogP contribution in [0.2, 0.25) is 0 Å². The Morgan fingerprint density at radius 2 is 1.03 bits per heavy atom. The average Bonchev–Trinajstić information content (AvgIpc) is 2.82. The van der Waals surface area contributed by atoms with E-state index in [9.17, 15) is 9.59 Å². The van der Waals surface area contributed by atoms with Crippen LogP contribution in [0.4, 0.5) is 0 Å². The lowest BCUT2D eigenvalue weighted by Crippen LogP contribution is -2.20. The third kappa shape index (κ3) is 24.2. The van der Waals surface area contributed by atoms with Gasteiger partial charge < -0.3 is 9.47 Å². The standard InChI is InChI=1S/C28H54O4S/c1-3-5-7-9-11-13-14-15-17-19-21-26(25-33)32-28(30)23-22-27(29)31-24-20-18-16-12-10-8-6-4-2/h26,33H,3-25H2,1-2H3. The van der Waals surface area contributed by atoms with Gasteiger partial charge in [0, 0.05) is 5.75 Å². The Morgan fingerprint density at radius 1 is 0.606 bits per heavy atom. The van der Waals surface area contributed by atoms with Gasteiger partial charge in [-0.25, -0.2) is 0 Å². The highest BCUT2D eigenvalue weighted by atomic mass is 32.1. The predicted octanol–water partition coefficient (Wildman–Crippen LogP) is 8.60. The van der Waals surface area contributed by atoms with Gasteiger partial charge >= 0.3 is 11.9 Å². The summed E-state index contributed by atoms with van der Waals surface area (Å²) in [5.41, 5.74) is 0. The zero-order valence-electron chi connectivity index (χ0n) is 21.9. The van der Waals surface area contributed by atoms with E-state index in [1.54, 1.807) is 0 Å². The molecule has 0 amide bonds. The Bertz CT molecular complexity index is 442. The van der Waals surface area contributed by atoms with E-state index in [2.05, 4.69) is 26.5 Å². The number of thiol groups is 1. The first-order valence-corrected chi connectivity index (χ1v) is 14.7. The molecule has 0 rings (SSSR count). The highest BCUT2D eigenvalue weighted by Gasteiger charge is 2.15. The van der Waals surface area contributed by atoms with Crippen LogP contribution in [-0.2, 0) is 19.1 Å². The van der Waals surface area contributed by atoms with Crippen LogP contribution in [0.5, 0.6) is 0 Å². The smallest absolute Gasteiger partial charge is 0.306 e. The third-order valence-corrected chi connectivity index (χ3v) is 6.58. The quantitative estimate of drug-likeness (QED) is 0.0797. The summed E-state index contributed by atoms with van der Waals surface area (Å²) in [5.74, 6) is -0.0799. The van der Waals surface area contributed by atoms with E-state index in [0.717, 1.165) is 25.7 Å². The first kappa shape index (κ1) is 32.3. The number of unbranched alkanes of at least 4 members (excludes halogenated alkanes) is 16. The SMILES string of the molecule is CCCCCCCCCCCCC(CS)OC(=O)CCC(=O)OCCCCCCCCCC. The number of rotatable bonds is 25. The Balaban J connectivity index is 3.59. The molecule has 33 heavy (non-hydrogen) atoms. The molecular formula is C28H54O4S. The minimum atomic E-state index is -0.315. The minimum Gasteiger partial charge on any atom is -0.466 e. The molecule has 0 aliphatic heterocycles. The minimum absolute atomic E-state index is 0.0958. The van der Waals surface area contributed by atoms with Gasteiger partial charge in [0.1, 0.15) is 6.10 Å². The second-order valence-corrected chi connectivity index (χ2v) is 9.83. The van der Waals surface area contributed by atoms with E-state index in [4.69, 9.17) is 9.47 Å². The number of hydrogen-bond donors (Lipinski definition) is 1. The number of hydrogen-bond acceptors (Lipinski definition) is 5. The van der Waals surface area contributed by atoms with Gasteiger partial charge in [0.25, 0.3) is 0 Å². The van der Waals surface area contributed by atoms with E-state index in [1.807, 2.05) is 0 Å². The van der Waals surface area contributed by atoms with Gasteiger partial charge in [0.15, 0.2) is 0 Å². The van der Waals surface area contributed by atoms with Crippen molar-refractivity contribution < 1.29 is 19.1 Å². The molecule has 0 heterocycles. The molecule has 0 aliphatic rings. The average molecular weight is 487 g/mol. The largest absolute Gasteiger partial charge is 0.466 e. The second kappa shape index (κ2) is 25.9. The van der Waals surface area contributed by atoms with Gasteiger partial charge in [0.05, 0.1) is 19.4 Å². The van der Waals surface area contributed by atoms with Crippen LogP contribution in [0.25, 0.3) is 0 Å². The van der Waals surface area contributed by atoms with Gasteiger partial charge in [-0.05, 0) is 19.3 Å². The molecule has 1 atom stereocenters. The fourth-order valence-corrected chi connectivity index (χ4v) is 4.25. The Labute approximate surface area is 210 Å². The van der Waals surface area contributed by atoms with E-state index in [0.29, 0.717) is 12.4 Å². The van der Waals surface area contributed by atoms with Crippen LogP contribution < -0.4 is 0 Å². The molecule has 1 unspecified atom stereocenters. The highest BCUT2D eigenvalue weighted by molar-refractivity contribution is 7.80. The molecule has 4 nitrogen and oxygen atoms in total. The maximum atomic E-state index is 12.1. The van der Waals surface area contributed by atoms with Gasteiger partial charge in [0.2, 0.25) is 0 Å². The predicted molar refractivity (Wildman–Crippen MR) is 143 cm³/mol. The normalized spacial score (nSPS) is 12.0. The Morgan fingerprint density at radius 3 is 1.52 bits per heavy atom. The fourth-order valence-electron chi connectivity index (χ4n) is 3.99. The Kier molecular flexibility index (Phi) is 25.3. The second-order valence-electron chi connectivity index (χ2n) is 9.46. The van der Waals surface area contributed by atoms with Crippen LogP contribution >= 0.6 is 12.6 Å². The summed E-state index contributed by atoms with van der Waals surface area (Å²) in [6, 6.07) is 0. The molecular weight excluding hydrogens is 432 g/mol. The van der Waals surface area contributed by atoms with Crippen molar-refractivity contribution in [2.75, 3.05) is 12.4 Å². The first-order chi connectivity index (χ1) is 16.1. The molecule has 0 spiro atoms. The van der Waals surface area contributed by atoms with Crippen molar-refractivity contribution in [3.8, 4) is 0 Å². The fraction of sp³-hybridized carbons (Fsp3) is 0.929. The summed E-state index contributed by atoms with van der Waals surface area (Å²) < 4.78 is 10.8. The molecule has 0 saturated carbocycles. The van der Waals surface area contributed by atoms with Crippen molar-refractivity contribution in [1.29, 1.82) is 0 Å². The molecule has 5 heteroatoms. The van der Waals surface area contributed by atoms with Crippen LogP contribution in [0.15, 0.2) is 0 Å². The van der Waals surface area contributed by atoms with E-state index in [-0.39, 0.29) is 30.9 Å². The van der Waals surface area contributed by atoms with Gasteiger partial charge in [-0.1, -0.05) is 117 Å². The molecule has 0 radical (unpaired) electrons. The molecule has 0 aromatic heterocycles. The Hall–Kier alpha value is -0.710. The molecule has 196 valence electrons. The molecule has 0 N–H and O–H groups in total. The van der Waals surface area contributed by atoms with Crippen LogP contribution in [0.3, 0.4) is 0 Å². The van der Waals surface area contributed by atoms with E-state index >= 15 is 0 Å². The highest BCUT2D eigenvalue weighted by Crippen LogP contribution is 2.14. The molecule has 0 aliphatic carbocycles. The summed E-state index contributed by atoms with van der Waals surface area (Å²) >= 11 is 4.33. The molecule has 0 aromatic rings. The lowest BCUT2D eigenvalue weighted by Gasteiger charge is -2.15. The topological polar surface area (TPSA) is 52.6 Å². The maximum absolute atomic E-state index is 12.1. The zero-order valence-corrected chi connectivity index (χ0v) is 22.8. The number of esters is 2. The van der Waals surface area contributed by atoms with Crippen LogP contribution in [-0.4, -0.2) is 30.4 Å². The van der Waals surface area contributed by atoms with Crippen molar-refractivity contribution in [1.82, 2.24) is 0 Å². The van der Waals surface area contributed by atoms with Crippen LogP contribution in [0.1, 0.15) is 149 Å². The summed E-state index contributed by atoms with van der Waals surface area (Å²) in [4.78, 5) is 23.9. The third-order valence-electron chi connectivity index (χ3n) is 6.18. The van der Waals surface area contributed by atoms with Crippen molar-refractivity contribution in [3.05, 3.63) is 0 Å². The summed E-state index contributed by atoms with van der Waals surface area (Å²) in [5, 5.41) is 0. The first-order valence-electron chi connectivity index (χ1n) is 14.1. The number of carbonyl (C=O) groups is 2. The van der Waals surface area contributed by atoms with Crippen molar-refractivity contribution in [2.24, 2.45) is 0 Å². The van der Waals surface area contributed by atoms with E-state index in [1.165, 1.54) is 96.3 Å². The lowest BCUT2D eigenvalue weighted by atomic mass is 10.0. The van der Waals surface area contributed by atoms with Crippen LogP contribution in [0, 0.1) is 0 Å². The summed E-state index contributed by atoms with van der Waals surface area (Å²) in [7, 11) is 0. The maximum Gasteiger partial charge on any atom is 0.306 e. The van der Waals surface area contributed by atoms with Gasteiger partial charge in [-0.15, -0.1) is 0 Å². The summed E-state index contributed by atoms with van der Waals surface area (Å²) in [6.07, 6.45) is 23.6. The van der Waals surface area contributed by atoms with E-state index < -0.39 is 0 Å². The summed E-state index contributed by atoms with van der Waals surface area (Å²) in [6.45, 7) is 4.94. The monoisotopic (exact) mass is 486 g/mol. The van der Waals surface area contributed by atoms with Gasteiger partial charge in [-0.2, -0.15) is 12.6 Å². The molecule has 0 saturated heterocycles. The zero-order chi connectivity index (χ0) is 24.4. The molecule has 0 bridgehead atoms. The number of carbonyl (C=O) groups excluding carboxylic acids is 2. The number of ether oxygens (including phenoxy) is 2. The molecule has 0 fully saturated rings. The van der Waals surface area contributed by atoms with Crippen molar-refractivity contribution in [3.63, 3.8) is 0 Å². The lowest BCUT2D eigenvalue weighted by molar-refractivity contribution is -0.153. The van der Waals surface area contributed by atoms with Crippen molar-refractivity contribution >= 4 is 24.6 Å². The van der Waals surface area contributed by atoms with Crippen molar-refractivity contribution in [2.45, 2.75) is 155 Å².